The van der Waals surface area contributed by atoms with Crippen LogP contribution >= 0.6 is 0 Å². The quantitative estimate of drug-likeness (QED) is 0.0867. The number of hydrogen-bond acceptors (Lipinski definition) is 10. The highest BCUT2D eigenvalue weighted by Crippen LogP contribution is 2.29. The summed E-state index contributed by atoms with van der Waals surface area (Å²) in [7, 11) is 0. The van der Waals surface area contributed by atoms with Crippen LogP contribution in [0.5, 0.6) is 0 Å². The van der Waals surface area contributed by atoms with Crippen LogP contribution in [-0.2, 0) is 57.3 Å². The van der Waals surface area contributed by atoms with Crippen LogP contribution in [-0.4, -0.2) is 163 Å². The zero-order valence-electron chi connectivity index (χ0n) is 55.3. The minimum Gasteiger partial charge on any atom is -0.379 e. The van der Waals surface area contributed by atoms with E-state index in [9.17, 15) is 19.2 Å². The molecule has 4 N–H and O–H groups in total. The van der Waals surface area contributed by atoms with Crippen molar-refractivity contribution in [3.63, 3.8) is 0 Å². The van der Waals surface area contributed by atoms with Gasteiger partial charge in [-0.2, -0.15) is 0 Å². The fraction of sp³-hybridized carbons (Fsp3) is 0.600. The Kier molecular flexibility index (Phi) is 21.6. The number of imidazole rings is 4. The molecule has 12 rings (SSSR count). The Bertz CT molecular complexity index is 3670. The molecule has 18 nitrogen and oxygen atoms in total. The molecule has 4 aromatic heterocycles. The second-order valence-electron chi connectivity index (χ2n) is 29.0. The third-order valence-electron chi connectivity index (χ3n) is 18.2. The van der Waals surface area contributed by atoms with Crippen LogP contribution < -0.4 is 22.8 Å². The molecule has 0 amide bonds. The van der Waals surface area contributed by atoms with Gasteiger partial charge in [-0.25, -0.2) is 19.2 Å². The van der Waals surface area contributed by atoms with E-state index >= 15 is 0 Å². The first-order valence-corrected chi connectivity index (χ1v) is 32.8. The monoisotopic (exact) mass is 1210 g/mol. The first kappa shape index (κ1) is 66.1. The largest absolute Gasteiger partial charge is 0.379 e. The second kappa shape index (κ2) is 28.7. The van der Waals surface area contributed by atoms with Gasteiger partial charge < -0.3 is 39.2 Å². The van der Waals surface area contributed by atoms with E-state index < -0.39 is 0 Å². The van der Waals surface area contributed by atoms with Gasteiger partial charge in [-0.15, -0.1) is 0 Å². The minimum absolute atomic E-state index is 0.00645. The zero-order chi connectivity index (χ0) is 63.0. The summed E-state index contributed by atoms with van der Waals surface area (Å²) < 4.78 is 18.2. The molecule has 8 heterocycles. The predicted molar refractivity (Wildman–Crippen MR) is 360 cm³/mol. The number of morpholine rings is 2. The molecular weight excluding hydrogens is 1100 g/mol. The summed E-state index contributed by atoms with van der Waals surface area (Å²) >= 11 is 0. The molecule has 0 unspecified atom stereocenters. The molecule has 4 fully saturated rings. The molecule has 4 saturated heterocycles. The summed E-state index contributed by atoms with van der Waals surface area (Å²) in [6, 6.07) is 25.3. The Morgan fingerprint density at radius 3 is 0.852 bits per heavy atom. The normalized spacial score (nSPS) is 17.1. The minimum atomic E-state index is -0.0191. The van der Waals surface area contributed by atoms with Crippen LogP contribution in [0.1, 0.15) is 144 Å². The maximum atomic E-state index is 12.3. The van der Waals surface area contributed by atoms with E-state index in [1.807, 2.05) is 18.3 Å². The molecule has 4 aliphatic heterocycles. The van der Waals surface area contributed by atoms with Gasteiger partial charge in [0.15, 0.2) is 0 Å². The number of aromatic nitrogens is 8. The number of nitrogens with one attached hydrogen (secondary N) is 4. The lowest BCUT2D eigenvalue weighted by Gasteiger charge is -2.26. The van der Waals surface area contributed by atoms with Crippen LogP contribution in [0, 0.1) is 0 Å². The standard InChI is InChI=1S/C18H27N3O2.C18H27N3O.C17H25N3O2.C17H25N3O/c1-18(2,3)14-5-6-16-15(13-14)19-17(22)21(16)8-4-7-20-9-11-23-12-10-20;1-18(2,3)14-7-8-16-15(13-14)19-17(22)21(16)12-11-20-9-5-4-6-10-20;1-17(2,3)13-4-5-15-14(12-13)18-16(21)20(15)7-6-19-8-10-22-11-9-19;1-17(2,3)13-6-7-15-14(12-13)18-16(21)20(15)11-10-19-8-4-5-9-19/h5-6,13H,4,7-12H2,1-3H3,(H,19,22);7-8,13H,4-6,9-12H2,1-3H3,(H,19,22);4-5,12H,6-11H2,1-3H3,(H,18,21);6-7,12H,4-5,8-11H2,1-3H3,(H,18,21). The number of aryl methyl sites for hydroxylation is 1. The molecule has 8 aromatic rings. The molecule has 0 spiro atoms. The van der Waals surface area contributed by atoms with Gasteiger partial charge >= 0.3 is 22.8 Å². The van der Waals surface area contributed by atoms with Crippen LogP contribution in [0.25, 0.3) is 44.1 Å². The topological polar surface area (TPSA) is 183 Å². The van der Waals surface area contributed by atoms with Crippen molar-refractivity contribution in [2.45, 2.75) is 169 Å². The van der Waals surface area contributed by atoms with E-state index in [4.69, 9.17) is 9.47 Å². The summed E-state index contributed by atoms with van der Waals surface area (Å²) in [6.07, 6.45) is 7.48. The Labute approximate surface area is 520 Å². The Morgan fingerprint density at radius 1 is 0.318 bits per heavy atom. The number of nitrogens with zero attached hydrogens (tertiary/aromatic N) is 8. The molecule has 0 atom stereocenters. The van der Waals surface area contributed by atoms with Gasteiger partial charge in [-0.3, -0.25) is 28.1 Å². The number of likely N-dealkylation sites (tertiary alicyclic amines) is 2. The molecule has 0 saturated carbocycles. The number of benzene rings is 4. The highest BCUT2D eigenvalue weighted by Gasteiger charge is 2.22. The van der Waals surface area contributed by atoms with Crippen LogP contribution in [0.3, 0.4) is 0 Å². The number of aromatic amines is 4. The number of hydrogen-bond donors (Lipinski definition) is 4. The van der Waals surface area contributed by atoms with Crippen molar-refractivity contribution in [3.05, 3.63) is 137 Å². The summed E-state index contributed by atoms with van der Waals surface area (Å²) in [5.74, 6) is 0. The summed E-state index contributed by atoms with van der Waals surface area (Å²) in [5.41, 5.74) is 13.2. The zero-order valence-corrected chi connectivity index (χ0v) is 55.3. The molecule has 0 bridgehead atoms. The number of fused-ring (bicyclic) bond motifs is 4. The SMILES string of the molecule is CC(C)(C)c1ccc2c(c1)[nH]c(=O)n2CCCN1CCOCC1.CC(C)(C)c1ccc2c(c1)[nH]c(=O)n2CCN1CCCC1.CC(C)(C)c1ccc2c(c1)[nH]c(=O)n2CCN1CCCCC1.CC(C)(C)c1ccc2c(c1)[nH]c(=O)n2CCN1CCOCC1. The van der Waals surface area contributed by atoms with Crippen molar-refractivity contribution < 1.29 is 9.47 Å². The van der Waals surface area contributed by atoms with E-state index in [1.165, 1.54) is 80.5 Å². The predicted octanol–water partition coefficient (Wildman–Crippen LogP) is 10.1. The van der Waals surface area contributed by atoms with Gasteiger partial charge in [0.05, 0.1) is 70.6 Å². The van der Waals surface area contributed by atoms with Gasteiger partial charge in [0.25, 0.3) is 0 Å². The van der Waals surface area contributed by atoms with E-state index in [0.717, 1.165) is 149 Å². The molecule has 88 heavy (non-hydrogen) atoms. The molecule has 4 aliphatic rings. The Hall–Kier alpha value is -6.28. The van der Waals surface area contributed by atoms with Gasteiger partial charge in [0.1, 0.15) is 0 Å². The molecule has 0 radical (unpaired) electrons. The maximum Gasteiger partial charge on any atom is 0.326 e. The lowest BCUT2D eigenvalue weighted by Crippen LogP contribution is -2.39. The third kappa shape index (κ3) is 17.2. The van der Waals surface area contributed by atoms with Crippen LogP contribution in [0.15, 0.2) is 92.0 Å². The lowest BCUT2D eigenvalue weighted by molar-refractivity contribution is 0.0364. The van der Waals surface area contributed by atoms with E-state index in [1.54, 1.807) is 0 Å². The van der Waals surface area contributed by atoms with Crippen molar-refractivity contribution in [2.24, 2.45) is 0 Å². The lowest BCUT2D eigenvalue weighted by atomic mass is 9.87. The van der Waals surface area contributed by atoms with E-state index in [-0.39, 0.29) is 44.4 Å². The summed E-state index contributed by atoms with van der Waals surface area (Å²) in [6.45, 7) is 44.9. The average molecular weight is 1210 g/mol. The van der Waals surface area contributed by atoms with Crippen molar-refractivity contribution in [1.82, 2.24) is 57.8 Å². The molecular formula is C70H104N12O6. The van der Waals surface area contributed by atoms with Gasteiger partial charge in [0.2, 0.25) is 0 Å². The molecule has 480 valence electrons. The van der Waals surface area contributed by atoms with Crippen molar-refractivity contribution >= 4 is 44.1 Å². The fourth-order valence-corrected chi connectivity index (χ4v) is 12.4. The summed E-state index contributed by atoms with van der Waals surface area (Å²) in [4.78, 5) is 70.6. The van der Waals surface area contributed by atoms with Gasteiger partial charge in [0, 0.05) is 78.5 Å². The molecule has 4 aromatic carbocycles. The number of rotatable bonds is 13. The Balaban J connectivity index is 0.000000140. The van der Waals surface area contributed by atoms with Crippen molar-refractivity contribution in [1.29, 1.82) is 0 Å². The van der Waals surface area contributed by atoms with Crippen LogP contribution in [0.2, 0.25) is 0 Å². The second-order valence-corrected chi connectivity index (χ2v) is 29.0. The third-order valence-corrected chi connectivity index (χ3v) is 18.2. The smallest absolute Gasteiger partial charge is 0.326 e. The number of ether oxygens (including phenoxy) is 2. The summed E-state index contributed by atoms with van der Waals surface area (Å²) in [5, 5.41) is 0. The van der Waals surface area contributed by atoms with Crippen molar-refractivity contribution in [3.8, 4) is 0 Å². The highest BCUT2D eigenvalue weighted by atomic mass is 16.5. The van der Waals surface area contributed by atoms with E-state index in [0.29, 0.717) is 6.54 Å². The van der Waals surface area contributed by atoms with E-state index in [2.05, 4.69) is 195 Å². The average Bonchev–Trinajstić information content (AvgIpc) is 2.73. The van der Waals surface area contributed by atoms with Gasteiger partial charge in [-0.1, -0.05) is 114 Å². The van der Waals surface area contributed by atoms with Crippen molar-refractivity contribution in [2.75, 3.05) is 105 Å². The first-order valence-electron chi connectivity index (χ1n) is 32.8. The highest BCUT2D eigenvalue weighted by molar-refractivity contribution is 5.78. The number of H-pyrrole nitrogens is 4. The molecule has 0 aliphatic carbocycles. The number of piperidine rings is 1. The fourth-order valence-electron chi connectivity index (χ4n) is 12.4. The van der Waals surface area contributed by atoms with Gasteiger partial charge in [-0.05, 0) is 151 Å². The first-order chi connectivity index (χ1) is 41.8. The van der Waals surface area contributed by atoms with Crippen LogP contribution in [0.4, 0.5) is 0 Å². The molecule has 18 heteroatoms. The maximum absolute atomic E-state index is 12.3. The Morgan fingerprint density at radius 2 is 0.568 bits per heavy atom.